The largest absolute Gasteiger partial charge is 0.371 e. The first-order chi connectivity index (χ1) is 8.68. The summed E-state index contributed by atoms with van der Waals surface area (Å²) in [5.41, 5.74) is 1.79. The quantitative estimate of drug-likeness (QED) is 0.858. The highest BCUT2D eigenvalue weighted by atomic mass is 15.1. The van der Waals surface area contributed by atoms with Crippen LogP contribution in [-0.2, 0) is 0 Å². The Morgan fingerprint density at radius 1 is 1.28 bits per heavy atom. The topological polar surface area (TPSA) is 15.3 Å². The Hall–Kier alpha value is -1.02. The molecule has 0 bridgehead atoms. The molecular formula is C16H26N2. The van der Waals surface area contributed by atoms with Crippen LogP contribution < -0.4 is 10.2 Å². The molecule has 1 heterocycles. The Morgan fingerprint density at radius 2 is 2.00 bits per heavy atom. The van der Waals surface area contributed by atoms with Crippen molar-refractivity contribution in [3.05, 3.63) is 30.3 Å². The van der Waals surface area contributed by atoms with E-state index in [4.69, 9.17) is 0 Å². The Kier molecular flexibility index (Phi) is 4.28. The molecule has 1 aliphatic heterocycles. The smallest absolute Gasteiger partial charge is 0.0366 e. The van der Waals surface area contributed by atoms with E-state index in [0.29, 0.717) is 5.41 Å². The van der Waals surface area contributed by atoms with E-state index in [1.807, 2.05) is 0 Å². The molecule has 18 heavy (non-hydrogen) atoms. The standard InChI is InChI=1S/C16H26N2/c1-4-18(15-8-6-5-7-9-15)13-16(14(2)3)10-11-17-12-16/h5-9,14,17H,4,10-13H2,1-3H3. The first-order valence-electron chi connectivity index (χ1n) is 7.18. The molecule has 1 aromatic rings. The highest BCUT2D eigenvalue weighted by Crippen LogP contribution is 2.36. The highest BCUT2D eigenvalue weighted by Gasteiger charge is 2.38. The molecule has 2 nitrogen and oxygen atoms in total. The van der Waals surface area contributed by atoms with Gasteiger partial charge in [-0.1, -0.05) is 32.0 Å². The number of nitrogens with zero attached hydrogens (tertiary/aromatic N) is 1. The van der Waals surface area contributed by atoms with E-state index < -0.39 is 0 Å². The zero-order chi connectivity index (χ0) is 13.0. The van der Waals surface area contributed by atoms with Gasteiger partial charge in [0.05, 0.1) is 0 Å². The molecule has 1 atom stereocenters. The van der Waals surface area contributed by atoms with E-state index in [-0.39, 0.29) is 0 Å². The molecule has 1 N–H and O–H groups in total. The van der Waals surface area contributed by atoms with Gasteiger partial charge in [0.25, 0.3) is 0 Å². The molecule has 0 aromatic heterocycles. The summed E-state index contributed by atoms with van der Waals surface area (Å²) in [6, 6.07) is 10.8. The van der Waals surface area contributed by atoms with Gasteiger partial charge in [0, 0.05) is 30.7 Å². The average molecular weight is 246 g/mol. The number of nitrogens with one attached hydrogen (secondary N) is 1. The predicted octanol–water partition coefficient (Wildman–Crippen LogP) is 3.15. The molecule has 2 heteroatoms. The fourth-order valence-corrected chi connectivity index (χ4v) is 2.98. The van der Waals surface area contributed by atoms with Crippen molar-refractivity contribution >= 4 is 5.69 Å². The molecular weight excluding hydrogens is 220 g/mol. The lowest BCUT2D eigenvalue weighted by atomic mass is 9.76. The van der Waals surface area contributed by atoms with Crippen molar-refractivity contribution in [2.45, 2.75) is 27.2 Å². The molecule has 0 aliphatic carbocycles. The van der Waals surface area contributed by atoms with Crippen molar-refractivity contribution in [3.63, 3.8) is 0 Å². The molecule has 1 aliphatic rings. The minimum absolute atomic E-state index is 0.436. The molecule has 0 spiro atoms. The number of para-hydroxylation sites is 1. The second-order valence-electron chi connectivity index (χ2n) is 5.79. The van der Waals surface area contributed by atoms with Crippen molar-refractivity contribution in [1.82, 2.24) is 5.32 Å². The number of hydrogen-bond donors (Lipinski definition) is 1. The summed E-state index contributed by atoms with van der Waals surface area (Å²) in [5.74, 6) is 0.727. The maximum atomic E-state index is 3.55. The molecule has 0 amide bonds. The van der Waals surface area contributed by atoms with E-state index in [9.17, 15) is 0 Å². The second kappa shape index (κ2) is 5.75. The number of rotatable bonds is 5. The number of benzene rings is 1. The van der Waals surface area contributed by atoms with Gasteiger partial charge in [-0.15, -0.1) is 0 Å². The number of anilines is 1. The summed E-state index contributed by atoms with van der Waals surface area (Å²) in [6.45, 7) is 11.6. The molecule has 1 saturated heterocycles. The van der Waals surface area contributed by atoms with Crippen LogP contribution in [-0.4, -0.2) is 26.2 Å². The van der Waals surface area contributed by atoms with Crippen LogP contribution in [0.3, 0.4) is 0 Å². The van der Waals surface area contributed by atoms with Gasteiger partial charge in [0.15, 0.2) is 0 Å². The van der Waals surface area contributed by atoms with Crippen molar-refractivity contribution in [2.75, 3.05) is 31.1 Å². The van der Waals surface area contributed by atoms with Gasteiger partial charge in [-0.05, 0) is 37.9 Å². The van der Waals surface area contributed by atoms with Gasteiger partial charge >= 0.3 is 0 Å². The molecule has 1 unspecified atom stereocenters. The van der Waals surface area contributed by atoms with E-state index >= 15 is 0 Å². The molecule has 2 rings (SSSR count). The third-order valence-corrected chi connectivity index (χ3v) is 4.51. The summed E-state index contributed by atoms with van der Waals surface area (Å²) in [5, 5.41) is 3.55. The van der Waals surface area contributed by atoms with Gasteiger partial charge in [-0.25, -0.2) is 0 Å². The second-order valence-corrected chi connectivity index (χ2v) is 5.79. The van der Waals surface area contributed by atoms with Gasteiger partial charge < -0.3 is 10.2 Å². The van der Waals surface area contributed by atoms with E-state index in [0.717, 1.165) is 25.6 Å². The first-order valence-corrected chi connectivity index (χ1v) is 7.18. The maximum absolute atomic E-state index is 3.55. The Morgan fingerprint density at radius 3 is 2.50 bits per heavy atom. The molecule has 1 aromatic carbocycles. The van der Waals surface area contributed by atoms with E-state index in [2.05, 4.69) is 61.3 Å². The fourth-order valence-electron chi connectivity index (χ4n) is 2.98. The summed E-state index contributed by atoms with van der Waals surface area (Å²) in [4.78, 5) is 2.52. The Labute approximate surface area is 111 Å². The minimum atomic E-state index is 0.436. The maximum Gasteiger partial charge on any atom is 0.0366 e. The Bertz CT molecular complexity index is 353. The third-order valence-electron chi connectivity index (χ3n) is 4.51. The lowest BCUT2D eigenvalue weighted by Crippen LogP contribution is -2.42. The van der Waals surface area contributed by atoms with Crippen LogP contribution >= 0.6 is 0 Å². The van der Waals surface area contributed by atoms with Gasteiger partial charge in [0.2, 0.25) is 0 Å². The van der Waals surface area contributed by atoms with Crippen LogP contribution in [0.2, 0.25) is 0 Å². The summed E-state index contributed by atoms with van der Waals surface area (Å²) in [6.07, 6.45) is 1.30. The van der Waals surface area contributed by atoms with Crippen molar-refractivity contribution < 1.29 is 0 Å². The minimum Gasteiger partial charge on any atom is -0.371 e. The number of hydrogen-bond acceptors (Lipinski definition) is 2. The summed E-state index contributed by atoms with van der Waals surface area (Å²) < 4.78 is 0. The fraction of sp³-hybridized carbons (Fsp3) is 0.625. The molecule has 0 radical (unpaired) electrons. The zero-order valence-electron chi connectivity index (χ0n) is 11.9. The van der Waals surface area contributed by atoms with Crippen molar-refractivity contribution in [3.8, 4) is 0 Å². The van der Waals surface area contributed by atoms with Gasteiger partial charge in [0.1, 0.15) is 0 Å². The van der Waals surface area contributed by atoms with E-state index in [1.165, 1.54) is 18.7 Å². The highest BCUT2D eigenvalue weighted by molar-refractivity contribution is 5.46. The average Bonchev–Trinajstić information content (AvgIpc) is 2.87. The van der Waals surface area contributed by atoms with Crippen molar-refractivity contribution in [1.29, 1.82) is 0 Å². The third kappa shape index (κ3) is 2.69. The van der Waals surface area contributed by atoms with Crippen LogP contribution in [0.1, 0.15) is 27.2 Å². The molecule has 100 valence electrons. The lowest BCUT2D eigenvalue weighted by molar-refractivity contribution is 0.223. The van der Waals surface area contributed by atoms with Crippen LogP contribution in [0.25, 0.3) is 0 Å². The van der Waals surface area contributed by atoms with Crippen LogP contribution in [0, 0.1) is 11.3 Å². The lowest BCUT2D eigenvalue weighted by Gasteiger charge is -2.38. The van der Waals surface area contributed by atoms with Crippen LogP contribution in [0.5, 0.6) is 0 Å². The monoisotopic (exact) mass is 246 g/mol. The Balaban J connectivity index is 2.14. The molecule has 0 saturated carbocycles. The van der Waals surface area contributed by atoms with Gasteiger partial charge in [-0.2, -0.15) is 0 Å². The predicted molar refractivity (Wildman–Crippen MR) is 79.1 cm³/mol. The van der Waals surface area contributed by atoms with E-state index in [1.54, 1.807) is 0 Å². The summed E-state index contributed by atoms with van der Waals surface area (Å²) in [7, 11) is 0. The normalized spacial score (nSPS) is 23.6. The van der Waals surface area contributed by atoms with Crippen molar-refractivity contribution in [2.24, 2.45) is 11.3 Å². The SMILES string of the molecule is CCN(CC1(C(C)C)CCNC1)c1ccccc1. The first kappa shape index (κ1) is 13.4. The zero-order valence-corrected chi connectivity index (χ0v) is 11.9. The van der Waals surface area contributed by atoms with Crippen LogP contribution in [0.4, 0.5) is 5.69 Å². The van der Waals surface area contributed by atoms with Crippen LogP contribution in [0.15, 0.2) is 30.3 Å². The molecule has 1 fully saturated rings. The summed E-state index contributed by atoms with van der Waals surface area (Å²) >= 11 is 0. The van der Waals surface area contributed by atoms with Gasteiger partial charge in [-0.3, -0.25) is 0 Å².